The van der Waals surface area contributed by atoms with Crippen molar-refractivity contribution in [2.45, 2.75) is 19.4 Å². The van der Waals surface area contributed by atoms with E-state index < -0.39 is 11.7 Å². The Morgan fingerprint density at radius 1 is 1.28 bits per heavy atom. The number of aromatic nitrogens is 6. The SMILES string of the molecule is COc1cccc(C#N)c1Cn1nc(C)c2ccc(C(F)(F)c3nnn[nH]3)cc21. The molecule has 0 fully saturated rings. The van der Waals surface area contributed by atoms with Crippen molar-refractivity contribution in [3.63, 3.8) is 0 Å². The van der Waals surface area contributed by atoms with E-state index >= 15 is 0 Å². The number of tetrazole rings is 1. The molecule has 0 radical (unpaired) electrons. The fourth-order valence-electron chi connectivity index (χ4n) is 3.26. The molecule has 0 atom stereocenters. The number of nitrogens with one attached hydrogen (secondary N) is 1. The highest BCUT2D eigenvalue weighted by Gasteiger charge is 2.38. The average Bonchev–Trinajstić information content (AvgIpc) is 3.37. The number of hydrogen-bond acceptors (Lipinski definition) is 6. The van der Waals surface area contributed by atoms with Gasteiger partial charge in [0.05, 0.1) is 36.5 Å². The maximum Gasteiger partial charge on any atom is 0.333 e. The molecule has 0 amide bonds. The van der Waals surface area contributed by atoms with Crippen LogP contribution in [0.1, 0.15) is 28.2 Å². The number of halogens is 2. The van der Waals surface area contributed by atoms with Crippen LogP contribution in [0.2, 0.25) is 0 Å². The van der Waals surface area contributed by atoms with Gasteiger partial charge in [-0.25, -0.2) is 5.10 Å². The van der Waals surface area contributed by atoms with E-state index in [1.807, 2.05) is 0 Å². The van der Waals surface area contributed by atoms with Crippen LogP contribution in [0.25, 0.3) is 10.9 Å². The third kappa shape index (κ3) is 3.06. The van der Waals surface area contributed by atoms with Crippen LogP contribution in [0, 0.1) is 18.3 Å². The minimum absolute atomic E-state index is 0.191. The van der Waals surface area contributed by atoms with Gasteiger partial charge in [-0.2, -0.15) is 19.1 Å². The van der Waals surface area contributed by atoms with E-state index in [9.17, 15) is 14.0 Å². The van der Waals surface area contributed by atoms with Gasteiger partial charge in [-0.05, 0) is 35.5 Å². The van der Waals surface area contributed by atoms with Gasteiger partial charge in [-0.15, -0.1) is 5.10 Å². The summed E-state index contributed by atoms with van der Waals surface area (Å²) in [6, 6.07) is 11.5. The third-order valence-electron chi connectivity index (χ3n) is 4.72. The Kier molecular flexibility index (Phi) is 4.43. The van der Waals surface area contributed by atoms with E-state index in [0.29, 0.717) is 28.1 Å². The van der Waals surface area contributed by atoms with Gasteiger partial charge in [0.2, 0.25) is 5.82 Å². The largest absolute Gasteiger partial charge is 0.496 e. The van der Waals surface area contributed by atoms with Crippen molar-refractivity contribution < 1.29 is 13.5 Å². The van der Waals surface area contributed by atoms with Crippen molar-refractivity contribution in [2.24, 2.45) is 0 Å². The molecule has 0 bridgehead atoms. The fourth-order valence-corrected chi connectivity index (χ4v) is 3.26. The number of ether oxygens (including phenoxy) is 1. The average molecular weight is 395 g/mol. The summed E-state index contributed by atoms with van der Waals surface area (Å²) in [5.74, 6) is -3.51. The number of aryl methyl sites for hydroxylation is 1. The highest BCUT2D eigenvalue weighted by atomic mass is 19.3. The first-order valence-corrected chi connectivity index (χ1v) is 8.61. The van der Waals surface area contributed by atoms with Crippen molar-refractivity contribution >= 4 is 10.9 Å². The number of nitrogens with zero attached hydrogens (tertiary/aromatic N) is 6. The Morgan fingerprint density at radius 3 is 2.79 bits per heavy atom. The first kappa shape index (κ1) is 18.5. The van der Waals surface area contributed by atoms with Crippen molar-refractivity contribution in [2.75, 3.05) is 7.11 Å². The zero-order valence-electron chi connectivity index (χ0n) is 15.5. The van der Waals surface area contributed by atoms with Gasteiger partial charge in [0.25, 0.3) is 0 Å². The lowest BCUT2D eigenvalue weighted by molar-refractivity contribution is 0.0330. The van der Waals surface area contributed by atoms with Crippen LogP contribution in [-0.2, 0) is 12.5 Å². The normalized spacial score (nSPS) is 11.6. The van der Waals surface area contributed by atoms with Crippen LogP contribution >= 0.6 is 0 Å². The number of fused-ring (bicyclic) bond motifs is 1. The molecule has 2 heterocycles. The Balaban J connectivity index is 1.84. The number of nitriles is 1. The molecule has 10 heteroatoms. The summed E-state index contributed by atoms with van der Waals surface area (Å²) < 4.78 is 36.5. The second kappa shape index (κ2) is 6.94. The molecule has 2 aromatic heterocycles. The van der Waals surface area contributed by atoms with Crippen LogP contribution in [-0.4, -0.2) is 37.5 Å². The van der Waals surface area contributed by atoms with E-state index in [0.717, 1.165) is 5.39 Å². The van der Waals surface area contributed by atoms with Crippen LogP contribution in [0.4, 0.5) is 8.78 Å². The minimum Gasteiger partial charge on any atom is -0.496 e. The number of aromatic amines is 1. The second-order valence-corrected chi connectivity index (χ2v) is 6.40. The molecule has 0 aliphatic rings. The van der Waals surface area contributed by atoms with Gasteiger partial charge < -0.3 is 4.74 Å². The molecule has 0 spiro atoms. The topological polar surface area (TPSA) is 105 Å². The van der Waals surface area contributed by atoms with Crippen LogP contribution in [0.3, 0.4) is 0 Å². The molecule has 1 N–H and O–H groups in total. The number of H-pyrrole nitrogens is 1. The highest BCUT2D eigenvalue weighted by molar-refractivity contribution is 5.83. The van der Waals surface area contributed by atoms with Crippen molar-refractivity contribution in [1.82, 2.24) is 30.4 Å². The number of methoxy groups -OCH3 is 1. The smallest absolute Gasteiger partial charge is 0.333 e. The lowest BCUT2D eigenvalue weighted by Gasteiger charge is -2.14. The number of hydrogen-bond donors (Lipinski definition) is 1. The molecule has 0 saturated carbocycles. The van der Waals surface area contributed by atoms with E-state index in [1.165, 1.54) is 19.2 Å². The van der Waals surface area contributed by atoms with Crippen molar-refractivity contribution in [1.29, 1.82) is 5.26 Å². The molecule has 0 aliphatic carbocycles. The Morgan fingerprint density at radius 2 is 2.10 bits per heavy atom. The molecular formula is C19H15F2N7O. The van der Waals surface area contributed by atoms with E-state index in [1.54, 1.807) is 35.9 Å². The molecule has 29 heavy (non-hydrogen) atoms. The van der Waals surface area contributed by atoms with Crippen LogP contribution in [0.15, 0.2) is 36.4 Å². The molecule has 4 aromatic rings. The maximum atomic E-state index is 14.8. The molecular weight excluding hydrogens is 380 g/mol. The summed E-state index contributed by atoms with van der Waals surface area (Å²) in [4.78, 5) is 0. The van der Waals surface area contributed by atoms with Gasteiger partial charge >= 0.3 is 5.92 Å². The summed E-state index contributed by atoms with van der Waals surface area (Å²) >= 11 is 0. The van der Waals surface area contributed by atoms with Crippen LogP contribution < -0.4 is 4.74 Å². The molecule has 0 saturated heterocycles. The maximum absolute atomic E-state index is 14.8. The molecule has 146 valence electrons. The number of benzene rings is 2. The minimum atomic E-state index is -3.40. The van der Waals surface area contributed by atoms with Crippen LogP contribution in [0.5, 0.6) is 5.75 Å². The molecule has 8 nitrogen and oxygen atoms in total. The van der Waals surface area contributed by atoms with E-state index in [4.69, 9.17) is 4.74 Å². The lowest BCUT2D eigenvalue weighted by atomic mass is 10.0. The zero-order valence-corrected chi connectivity index (χ0v) is 15.5. The first-order valence-electron chi connectivity index (χ1n) is 8.61. The predicted octanol–water partition coefficient (Wildman–Crippen LogP) is 2.93. The predicted molar refractivity (Wildman–Crippen MR) is 98.5 cm³/mol. The number of alkyl halides is 2. The molecule has 4 rings (SSSR count). The van der Waals surface area contributed by atoms with Gasteiger partial charge in [0, 0.05) is 16.5 Å². The summed E-state index contributed by atoms with van der Waals surface area (Å²) in [6.07, 6.45) is 0. The fraction of sp³-hybridized carbons (Fsp3) is 0.211. The Hall–Kier alpha value is -3.87. The summed E-state index contributed by atoms with van der Waals surface area (Å²) in [5, 5.41) is 26.6. The zero-order chi connectivity index (χ0) is 20.6. The van der Waals surface area contributed by atoms with Gasteiger partial charge in [-0.1, -0.05) is 18.2 Å². The van der Waals surface area contributed by atoms with Crippen molar-refractivity contribution in [3.8, 4) is 11.8 Å². The summed E-state index contributed by atoms with van der Waals surface area (Å²) in [7, 11) is 1.51. The number of rotatable bonds is 5. The second-order valence-electron chi connectivity index (χ2n) is 6.40. The Labute approximate surface area is 163 Å². The van der Waals surface area contributed by atoms with Crippen molar-refractivity contribution in [3.05, 3.63) is 64.6 Å². The molecule has 0 aliphatic heterocycles. The van der Waals surface area contributed by atoms with Gasteiger partial charge in [-0.3, -0.25) is 4.68 Å². The van der Waals surface area contributed by atoms with Gasteiger partial charge in [0.1, 0.15) is 5.75 Å². The van der Waals surface area contributed by atoms with E-state index in [2.05, 4.69) is 31.8 Å². The summed E-state index contributed by atoms with van der Waals surface area (Å²) in [5.41, 5.74) is 1.97. The quantitative estimate of drug-likeness (QED) is 0.557. The molecule has 0 unspecified atom stereocenters. The van der Waals surface area contributed by atoms with Gasteiger partial charge in [0.15, 0.2) is 0 Å². The highest BCUT2D eigenvalue weighted by Crippen LogP contribution is 2.35. The Bertz CT molecular complexity index is 1230. The van der Waals surface area contributed by atoms with E-state index in [-0.39, 0.29) is 12.1 Å². The standard InChI is InChI=1S/C19H15F2N7O/c1-11-14-7-6-13(19(20,21)18-23-26-27-24-18)8-16(14)28(25-11)10-15-12(9-22)4-3-5-17(15)29-2/h3-8H,10H2,1-2H3,(H,23,24,26,27). The molecule has 2 aromatic carbocycles. The monoisotopic (exact) mass is 395 g/mol. The lowest BCUT2D eigenvalue weighted by Crippen LogP contribution is -2.17. The summed E-state index contributed by atoms with van der Waals surface area (Å²) in [6.45, 7) is 1.99. The first-order chi connectivity index (χ1) is 14.0. The third-order valence-corrected chi connectivity index (χ3v) is 4.72.